The summed E-state index contributed by atoms with van der Waals surface area (Å²) in [6.45, 7) is 9.03. The van der Waals surface area contributed by atoms with Crippen molar-refractivity contribution in [2.45, 2.75) is 18.9 Å². The van der Waals surface area contributed by atoms with Crippen molar-refractivity contribution in [1.29, 1.82) is 0 Å². The summed E-state index contributed by atoms with van der Waals surface area (Å²) in [6.07, 6.45) is 2.91. The predicted octanol–water partition coefficient (Wildman–Crippen LogP) is -0.0142. The van der Waals surface area contributed by atoms with E-state index < -0.39 is 0 Å². The normalized spacial score (nSPS) is 44.1. The quantitative estimate of drug-likeness (QED) is 0.635. The highest BCUT2D eigenvalue weighted by Gasteiger charge is 2.37. The average Bonchev–Trinajstić information content (AvgIpc) is 2.32. The number of nitrogens with one attached hydrogen (secondary N) is 1. The molecular formula is C11H21N3. The molecule has 0 aromatic rings. The zero-order valence-electron chi connectivity index (χ0n) is 8.91. The van der Waals surface area contributed by atoms with Crippen LogP contribution in [0.25, 0.3) is 0 Å². The van der Waals surface area contributed by atoms with Crippen LogP contribution in [-0.4, -0.2) is 61.7 Å². The van der Waals surface area contributed by atoms with Crippen molar-refractivity contribution in [3.63, 3.8) is 0 Å². The zero-order valence-corrected chi connectivity index (χ0v) is 8.91. The highest BCUT2D eigenvalue weighted by Crippen LogP contribution is 2.30. The van der Waals surface area contributed by atoms with Crippen LogP contribution in [0.4, 0.5) is 0 Å². The van der Waals surface area contributed by atoms with Gasteiger partial charge in [-0.05, 0) is 31.8 Å². The van der Waals surface area contributed by atoms with E-state index in [1.54, 1.807) is 0 Å². The van der Waals surface area contributed by atoms with Gasteiger partial charge in [0.2, 0.25) is 0 Å². The van der Waals surface area contributed by atoms with E-state index in [0.717, 1.165) is 12.0 Å². The summed E-state index contributed by atoms with van der Waals surface area (Å²) in [4.78, 5) is 5.39. The highest BCUT2D eigenvalue weighted by molar-refractivity contribution is 4.93. The lowest BCUT2D eigenvalue weighted by molar-refractivity contribution is 0.000608. The molecule has 4 saturated heterocycles. The first-order valence-corrected chi connectivity index (χ1v) is 6.10. The first-order valence-electron chi connectivity index (χ1n) is 6.10. The standard InChI is InChI=1S/C11H21N3/c1-5-13-6-2-10(1)11(9-13)14-7-3-12-4-8-14/h10-12H,1-9H2/t11-/m0/s1. The van der Waals surface area contributed by atoms with Gasteiger partial charge < -0.3 is 10.2 Å². The molecule has 1 atom stereocenters. The molecule has 4 heterocycles. The SMILES string of the molecule is C1CN([C@H]2CN3CCC2CC3)CCN1. The molecule has 0 unspecified atom stereocenters. The van der Waals surface area contributed by atoms with Crippen molar-refractivity contribution in [3.05, 3.63) is 0 Å². The fraction of sp³-hybridized carbons (Fsp3) is 1.00. The van der Waals surface area contributed by atoms with Crippen molar-refractivity contribution >= 4 is 0 Å². The third kappa shape index (κ3) is 1.58. The van der Waals surface area contributed by atoms with E-state index in [2.05, 4.69) is 15.1 Å². The number of fused-ring (bicyclic) bond motifs is 3. The van der Waals surface area contributed by atoms with Gasteiger partial charge >= 0.3 is 0 Å². The lowest BCUT2D eigenvalue weighted by Crippen LogP contribution is -2.60. The van der Waals surface area contributed by atoms with Crippen molar-refractivity contribution in [2.75, 3.05) is 45.8 Å². The van der Waals surface area contributed by atoms with Crippen LogP contribution in [-0.2, 0) is 0 Å². The molecule has 0 aliphatic carbocycles. The van der Waals surface area contributed by atoms with Crippen LogP contribution in [0.2, 0.25) is 0 Å². The lowest BCUT2D eigenvalue weighted by Gasteiger charge is -2.50. The Hall–Kier alpha value is -0.120. The smallest absolute Gasteiger partial charge is 0.0253 e. The van der Waals surface area contributed by atoms with Crippen LogP contribution in [0.5, 0.6) is 0 Å². The van der Waals surface area contributed by atoms with Gasteiger partial charge in [-0.2, -0.15) is 0 Å². The molecular weight excluding hydrogens is 174 g/mol. The zero-order chi connectivity index (χ0) is 9.38. The van der Waals surface area contributed by atoms with Gasteiger partial charge in [0, 0.05) is 38.8 Å². The molecule has 3 nitrogen and oxygen atoms in total. The number of nitrogens with zero attached hydrogens (tertiary/aromatic N) is 2. The Morgan fingerprint density at radius 1 is 0.929 bits per heavy atom. The first-order chi connectivity index (χ1) is 6.93. The third-order valence-corrected chi connectivity index (χ3v) is 4.24. The number of piperazine rings is 1. The molecule has 2 bridgehead atoms. The Labute approximate surface area is 86.4 Å². The molecule has 4 rings (SSSR count). The fourth-order valence-corrected chi connectivity index (χ4v) is 3.36. The number of hydrogen-bond donors (Lipinski definition) is 1. The molecule has 80 valence electrons. The average molecular weight is 195 g/mol. The van der Waals surface area contributed by atoms with Gasteiger partial charge in [0.05, 0.1) is 0 Å². The van der Waals surface area contributed by atoms with Crippen LogP contribution >= 0.6 is 0 Å². The molecule has 4 aliphatic rings. The van der Waals surface area contributed by atoms with Crippen LogP contribution in [0.1, 0.15) is 12.8 Å². The highest BCUT2D eigenvalue weighted by atomic mass is 15.3. The monoisotopic (exact) mass is 195 g/mol. The molecule has 0 aromatic carbocycles. The molecule has 0 radical (unpaired) electrons. The molecule has 0 saturated carbocycles. The lowest BCUT2D eigenvalue weighted by atomic mass is 9.83. The summed E-state index contributed by atoms with van der Waals surface area (Å²) in [7, 11) is 0. The predicted molar refractivity (Wildman–Crippen MR) is 57.4 cm³/mol. The molecule has 4 aliphatic heterocycles. The van der Waals surface area contributed by atoms with Gasteiger partial charge in [-0.1, -0.05) is 0 Å². The van der Waals surface area contributed by atoms with Gasteiger partial charge in [0.15, 0.2) is 0 Å². The molecule has 1 N–H and O–H groups in total. The van der Waals surface area contributed by atoms with Gasteiger partial charge in [-0.3, -0.25) is 4.90 Å². The van der Waals surface area contributed by atoms with Gasteiger partial charge in [-0.15, -0.1) is 0 Å². The Morgan fingerprint density at radius 2 is 1.64 bits per heavy atom. The molecule has 0 aromatic heterocycles. The van der Waals surface area contributed by atoms with Gasteiger partial charge in [0.1, 0.15) is 0 Å². The van der Waals surface area contributed by atoms with Crippen LogP contribution in [0, 0.1) is 5.92 Å². The largest absolute Gasteiger partial charge is 0.314 e. The van der Waals surface area contributed by atoms with E-state index in [4.69, 9.17) is 0 Å². The molecule has 0 spiro atoms. The van der Waals surface area contributed by atoms with Crippen LogP contribution in [0.3, 0.4) is 0 Å². The Morgan fingerprint density at radius 3 is 2.21 bits per heavy atom. The van der Waals surface area contributed by atoms with E-state index in [1.807, 2.05) is 0 Å². The maximum atomic E-state index is 3.44. The number of piperidine rings is 3. The van der Waals surface area contributed by atoms with Gasteiger partial charge in [-0.25, -0.2) is 0 Å². The van der Waals surface area contributed by atoms with Crippen LogP contribution < -0.4 is 5.32 Å². The summed E-state index contributed by atoms with van der Waals surface area (Å²) in [5.41, 5.74) is 0. The van der Waals surface area contributed by atoms with E-state index in [-0.39, 0.29) is 0 Å². The van der Waals surface area contributed by atoms with Crippen LogP contribution in [0.15, 0.2) is 0 Å². The topological polar surface area (TPSA) is 18.5 Å². The minimum Gasteiger partial charge on any atom is -0.314 e. The Bertz CT molecular complexity index is 193. The summed E-state index contributed by atoms with van der Waals surface area (Å²) in [6, 6.07) is 0.889. The maximum Gasteiger partial charge on any atom is 0.0253 e. The molecule has 4 fully saturated rings. The maximum absolute atomic E-state index is 3.44. The minimum absolute atomic E-state index is 0.889. The van der Waals surface area contributed by atoms with E-state index in [9.17, 15) is 0 Å². The van der Waals surface area contributed by atoms with Crippen molar-refractivity contribution in [2.24, 2.45) is 5.92 Å². The van der Waals surface area contributed by atoms with Crippen molar-refractivity contribution < 1.29 is 0 Å². The van der Waals surface area contributed by atoms with Crippen molar-refractivity contribution in [3.8, 4) is 0 Å². The summed E-state index contributed by atoms with van der Waals surface area (Å²) in [5.74, 6) is 1.01. The Kier molecular flexibility index (Phi) is 2.48. The van der Waals surface area contributed by atoms with Gasteiger partial charge in [0.25, 0.3) is 0 Å². The number of rotatable bonds is 1. The molecule has 0 amide bonds. The second kappa shape index (κ2) is 3.80. The molecule has 14 heavy (non-hydrogen) atoms. The fourth-order valence-electron chi connectivity index (χ4n) is 3.36. The summed E-state index contributed by atoms with van der Waals surface area (Å²) < 4.78 is 0. The summed E-state index contributed by atoms with van der Waals surface area (Å²) in [5, 5.41) is 3.44. The minimum atomic E-state index is 0.889. The van der Waals surface area contributed by atoms with Crippen molar-refractivity contribution in [1.82, 2.24) is 15.1 Å². The first kappa shape index (κ1) is 9.13. The summed E-state index contributed by atoms with van der Waals surface area (Å²) >= 11 is 0. The Balaban J connectivity index is 1.66. The third-order valence-electron chi connectivity index (χ3n) is 4.24. The second-order valence-electron chi connectivity index (χ2n) is 4.99. The number of hydrogen-bond acceptors (Lipinski definition) is 3. The van der Waals surface area contributed by atoms with E-state index >= 15 is 0 Å². The molecule has 3 heteroatoms. The van der Waals surface area contributed by atoms with E-state index in [0.29, 0.717) is 0 Å². The second-order valence-corrected chi connectivity index (χ2v) is 4.99. The van der Waals surface area contributed by atoms with E-state index in [1.165, 1.54) is 58.7 Å².